The molecule has 31 heavy (non-hydrogen) atoms. The zero-order chi connectivity index (χ0) is 21.8. The van der Waals surface area contributed by atoms with E-state index in [9.17, 15) is 14.4 Å². The van der Waals surface area contributed by atoms with Gasteiger partial charge in [-0.25, -0.2) is 4.98 Å². The van der Waals surface area contributed by atoms with Crippen molar-refractivity contribution in [1.82, 2.24) is 19.8 Å². The quantitative estimate of drug-likeness (QED) is 0.731. The van der Waals surface area contributed by atoms with Gasteiger partial charge in [0, 0.05) is 38.3 Å². The number of nitrogens with one attached hydrogen (secondary N) is 2. The predicted molar refractivity (Wildman–Crippen MR) is 116 cm³/mol. The molecule has 1 aliphatic heterocycles. The Morgan fingerprint density at radius 3 is 2.81 bits per heavy atom. The molecule has 1 aliphatic carbocycles. The number of carbonyl (C=O) groups is 3. The third-order valence-corrected chi connectivity index (χ3v) is 6.05. The number of anilines is 1. The number of ether oxygens (including phenoxy) is 1. The average Bonchev–Trinajstić information content (AvgIpc) is 3.20. The smallest absolute Gasteiger partial charge is 0.256 e. The second-order valence-electron chi connectivity index (χ2n) is 8.22. The second kappa shape index (κ2) is 9.47. The first-order chi connectivity index (χ1) is 15.1. The molecule has 0 spiro atoms. The van der Waals surface area contributed by atoms with Gasteiger partial charge in [0.2, 0.25) is 11.8 Å². The molecule has 2 heterocycles. The molecular formula is C22H29N5O4. The van der Waals surface area contributed by atoms with E-state index in [1.807, 2.05) is 4.57 Å². The van der Waals surface area contributed by atoms with Crippen LogP contribution in [0.1, 0.15) is 42.5 Å². The topological polar surface area (TPSA) is 106 Å². The summed E-state index contributed by atoms with van der Waals surface area (Å²) in [6, 6.07) is 3.52. The molecule has 166 valence electrons. The Morgan fingerprint density at radius 1 is 1.26 bits per heavy atom. The summed E-state index contributed by atoms with van der Waals surface area (Å²) < 4.78 is 7.06. The molecule has 9 heteroatoms. The molecule has 3 amide bonds. The fourth-order valence-corrected chi connectivity index (χ4v) is 4.39. The number of rotatable bonds is 6. The van der Waals surface area contributed by atoms with Crippen molar-refractivity contribution in [3.63, 3.8) is 0 Å². The number of fused-ring (bicyclic) bond motifs is 1. The number of hydrogen-bond donors (Lipinski definition) is 2. The first-order valence-electron chi connectivity index (χ1n) is 10.9. The van der Waals surface area contributed by atoms with Crippen molar-refractivity contribution in [2.24, 2.45) is 5.92 Å². The molecule has 0 bridgehead atoms. The molecule has 0 unspecified atom stereocenters. The highest BCUT2D eigenvalue weighted by atomic mass is 16.5. The monoisotopic (exact) mass is 427 g/mol. The Balaban J connectivity index is 1.67. The number of piperazine rings is 1. The van der Waals surface area contributed by atoms with Crippen molar-refractivity contribution in [2.45, 2.75) is 38.6 Å². The fraction of sp³-hybridized carbons (Fsp3) is 0.545. The summed E-state index contributed by atoms with van der Waals surface area (Å²) in [7, 11) is 1.62. The van der Waals surface area contributed by atoms with E-state index in [0.29, 0.717) is 48.5 Å². The van der Waals surface area contributed by atoms with E-state index in [1.165, 1.54) is 11.3 Å². The Kier molecular flexibility index (Phi) is 6.50. The maximum absolute atomic E-state index is 13.4. The largest absolute Gasteiger partial charge is 0.383 e. The number of amides is 3. The molecule has 2 fully saturated rings. The average molecular weight is 428 g/mol. The zero-order valence-corrected chi connectivity index (χ0v) is 17.9. The number of benzene rings is 1. The summed E-state index contributed by atoms with van der Waals surface area (Å²) in [5.74, 6) is -0.416. The van der Waals surface area contributed by atoms with Gasteiger partial charge in [0.05, 0.1) is 36.1 Å². The number of aromatic nitrogens is 2. The zero-order valence-electron chi connectivity index (χ0n) is 17.9. The minimum atomic E-state index is -0.243. The highest BCUT2D eigenvalue weighted by Gasteiger charge is 2.27. The molecule has 1 saturated carbocycles. The van der Waals surface area contributed by atoms with Crippen molar-refractivity contribution < 1.29 is 19.1 Å². The van der Waals surface area contributed by atoms with Crippen molar-refractivity contribution in [2.75, 3.05) is 38.7 Å². The van der Waals surface area contributed by atoms with E-state index in [2.05, 4.69) is 15.6 Å². The van der Waals surface area contributed by atoms with Gasteiger partial charge in [-0.15, -0.1) is 0 Å². The minimum Gasteiger partial charge on any atom is -0.383 e. The summed E-state index contributed by atoms with van der Waals surface area (Å²) in [5, 5.41) is 5.74. The summed E-state index contributed by atoms with van der Waals surface area (Å²) >= 11 is 0. The maximum Gasteiger partial charge on any atom is 0.256 e. The van der Waals surface area contributed by atoms with Crippen LogP contribution in [0.4, 0.5) is 5.69 Å². The standard InChI is InChI=1S/C22H29N5O4/c1-31-10-9-27-14-24-18-12-16(25-21(29)15-5-3-2-4-6-15)11-17(20(18)27)22(30)26-8-7-23-19(28)13-26/h11-12,14-15H,2-10,13H2,1H3,(H,23,28)(H,25,29). The van der Waals surface area contributed by atoms with Gasteiger partial charge in [-0.3, -0.25) is 14.4 Å². The lowest BCUT2D eigenvalue weighted by atomic mass is 9.88. The number of carbonyl (C=O) groups excluding carboxylic acids is 3. The van der Waals surface area contributed by atoms with Crippen LogP contribution in [-0.2, 0) is 20.9 Å². The molecular weight excluding hydrogens is 398 g/mol. The van der Waals surface area contributed by atoms with Gasteiger partial charge < -0.3 is 24.8 Å². The van der Waals surface area contributed by atoms with E-state index < -0.39 is 0 Å². The molecule has 4 rings (SSSR count). The Hall–Kier alpha value is -2.94. The van der Waals surface area contributed by atoms with Crippen molar-refractivity contribution >= 4 is 34.4 Å². The van der Waals surface area contributed by atoms with Gasteiger partial charge in [-0.2, -0.15) is 0 Å². The Bertz CT molecular complexity index is 980. The lowest BCUT2D eigenvalue weighted by molar-refractivity contribution is -0.123. The SMILES string of the molecule is COCCn1cnc2cc(NC(=O)C3CCCCC3)cc(C(=O)N3CCNC(=O)C3)c21. The Morgan fingerprint density at radius 2 is 2.06 bits per heavy atom. The normalized spacial score (nSPS) is 17.6. The molecule has 0 atom stereocenters. The molecule has 1 aromatic heterocycles. The molecule has 2 aromatic rings. The molecule has 2 aliphatic rings. The lowest BCUT2D eigenvalue weighted by Crippen LogP contribution is -2.50. The minimum absolute atomic E-state index is 0.00591. The third kappa shape index (κ3) is 4.71. The van der Waals surface area contributed by atoms with Crippen LogP contribution in [0.25, 0.3) is 11.0 Å². The molecule has 2 N–H and O–H groups in total. The lowest BCUT2D eigenvalue weighted by Gasteiger charge is -2.27. The number of methoxy groups -OCH3 is 1. The van der Waals surface area contributed by atoms with Gasteiger partial charge in [0.25, 0.3) is 5.91 Å². The molecule has 1 aromatic carbocycles. The summed E-state index contributed by atoms with van der Waals surface area (Å²) in [4.78, 5) is 44.0. The first-order valence-corrected chi connectivity index (χ1v) is 10.9. The van der Waals surface area contributed by atoms with Crippen LogP contribution < -0.4 is 10.6 Å². The van der Waals surface area contributed by atoms with E-state index in [-0.39, 0.29) is 30.2 Å². The number of imidazole rings is 1. The summed E-state index contributed by atoms with van der Waals surface area (Å²) in [6.45, 7) is 1.91. The van der Waals surface area contributed by atoms with Crippen LogP contribution in [0.5, 0.6) is 0 Å². The highest BCUT2D eigenvalue weighted by molar-refractivity contribution is 6.08. The van der Waals surface area contributed by atoms with Crippen molar-refractivity contribution in [1.29, 1.82) is 0 Å². The highest BCUT2D eigenvalue weighted by Crippen LogP contribution is 2.28. The summed E-state index contributed by atoms with van der Waals surface area (Å²) in [5.41, 5.74) is 2.30. The number of nitrogens with zero attached hydrogens (tertiary/aromatic N) is 3. The third-order valence-electron chi connectivity index (χ3n) is 6.05. The first kappa shape index (κ1) is 21.3. The van der Waals surface area contributed by atoms with Gasteiger partial charge in [-0.1, -0.05) is 19.3 Å². The molecule has 0 radical (unpaired) electrons. The van der Waals surface area contributed by atoms with Crippen LogP contribution >= 0.6 is 0 Å². The van der Waals surface area contributed by atoms with Crippen LogP contribution in [0, 0.1) is 5.92 Å². The predicted octanol–water partition coefficient (Wildman–Crippen LogP) is 1.77. The Labute approximate surface area is 181 Å². The molecule has 9 nitrogen and oxygen atoms in total. The van der Waals surface area contributed by atoms with Crippen LogP contribution in [0.3, 0.4) is 0 Å². The van der Waals surface area contributed by atoms with Crippen molar-refractivity contribution in [3.8, 4) is 0 Å². The summed E-state index contributed by atoms with van der Waals surface area (Å²) in [6.07, 6.45) is 6.79. The van der Waals surface area contributed by atoms with E-state index in [4.69, 9.17) is 4.74 Å². The number of hydrogen-bond acceptors (Lipinski definition) is 5. The van der Waals surface area contributed by atoms with E-state index >= 15 is 0 Å². The molecule has 1 saturated heterocycles. The van der Waals surface area contributed by atoms with Crippen LogP contribution in [0.15, 0.2) is 18.5 Å². The fourth-order valence-electron chi connectivity index (χ4n) is 4.39. The van der Waals surface area contributed by atoms with Gasteiger partial charge in [0.15, 0.2) is 0 Å². The van der Waals surface area contributed by atoms with Crippen molar-refractivity contribution in [3.05, 3.63) is 24.0 Å². The second-order valence-corrected chi connectivity index (χ2v) is 8.22. The van der Waals surface area contributed by atoms with Gasteiger partial charge in [-0.05, 0) is 25.0 Å². The van der Waals surface area contributed by atoms with Crippen LogP contribution in [0.2, 0.25) is 0 Å². The van der Waals surface area contributed by atoms with Gasteiger partial charge in [0.1, 0.15) is 0 Å². The van der Waals surface area contributed by atoms with Crippen LogP contribution in [-0.4, -0.2) is 65.5 Å². The maximum atomic E-state index is 13.4. The van der Waals surface area contributed by atoms with E-state index in [1.54, 1.807) is 25.6 Å². The van der Waals surface area contributed by atoms with Gasteiger partial charge >= 0.3 is 0 Å². The van der Waals surface area contributed by atoms with E-state index in [0.717, 1.165) is 25.7 Å².